The van der Waals surface area contributed by atoms with Gasteiger partial charge in [-0.3, -0.25) is 9.59 Å². The molecule has 0 radical (unpaired) electrons. The lowest BCUT2D eigenvalue weighted by molar-refractivity contribution is 0.0946. The second-order valence-electron chi connectivity index (χ2n) is 6.19. The molecule has 158 valence electrons. The second kappa shape index (κ2) is 9.27. The van der Waals surface area contributed by atoms with E-state index in [4.69, 9.17) is 50.5 Å². The maximum atomic E-state index is 15.0. The maximum absolute atomic E-state index is 15.0. The minimum Gasteiger partial charge on any atom is -0.453 e. The molecule has 3 aromatic rings. The Kier molecular flexibility index (Phi) is 6.71. The Bertz CT molecular complexity index is 1240. The number of hydrogen-bond acceptors (Lipinski definition) is 4. The molecule has 2 amide bonds. The van der Waals surface area contributed by atoms with Crippen molar-refractivity contribution in [1.29, 1.82) is 5.26 Å². The highest BCUT2D eigenvalue weighted by Crippen LogP contribution is 2.35. The van der Waals surface area contributed by atoms with Crippen molar-refractivity contribution in [2.45, 2.75) is 6.54 Å². The van der Waals surface area contributed by atoms with Crippen LogP contribution < -0.4 is 15.8 Å². The van der Waals surface area contributed by atoms with Gasteiger partial charge in [0.2, 0.25) is 0 Å². The first kappa shape index (κ1) is 22.4. The monoisotopic (exact) mass is 480 g/mol. The molecular weight excluding hydrogens is 470 g/mol. The van der Waals surface area contributed by atoms with E-state index >= 15 is 0 Å². The zero-order valence-corrected chi connectivity index (χ0v) is 17.7. The number of amides is 2. The molecule has 0 aliphatic heterocycles. The molecule has 0 saturated carbocycles. The largest absolute Gasteiger partial charge is 0.453 e. The predicted molar refractivity (Wildman–Crippen MR) is 113 cm³/mol. The molecule has 0 unspecified atom stereocenters. The summed E-state index contributed by atoms with van der Waals surface area (Å²) in [6.07, 6.45) is 0. The molecule has 0 aliphatic rings. The molecule has 1 heterocycles. The predicted octanol–water partition coefficient (Wildman–Crippen LogP) is 4.81. The van der Waals surface area contributed by atoms with E-state index in [-0.39, 0.29) is 55.6 Å². The zero-order valence-electron chi connectivity index (χ0n) is 15.4. The van der Waals surface area contributed by atoms with Gasteiger partial charge in [0.15, 0.2) is 11.6 Å². The lowest BCUT2D eigenvalue weighted by Crippen LogP contribution is -2.24. The fourth-order valence-corrected chi connectivity index (χ4v) is 3.25. The molecule has 2 aromatic carbocycles. The van der Waals surface area contributed by atoms with Crippen molar-refractivity contribution in [1.82, 2.24) is 10.3 Å². The van der Waals surface area contributed by atoms with Crippen molar-refractivity contribution in [3.63, 3.8) is 0 Å². The average Bonchev–Trinajstić information content (AvgIpc) is 3.12. The van der Waals surface area contributed by atoms with Gasteiger partial charge < -0.3 is 20.8 Å². The van der Waals surface area contributed by atoms with Gasteiger partial charge in [-0.15, -0.1) is 0 Å². The van der Waals surface area contributed by atoms with Crippen molar-refractivity contribution >= 4 is 46.6 Å². The molecule has 0 spiro atoms. The Morgan fingerprint density at radius 2 is 1.90 bits per heavy atom. The van der Waals surface area contributed by atoms with Crippen LogP contribution in [0.2, 0.25) is 15.1 Å². The van der Waals surface area contributed by atoms with E-state index in [9.17, 15) is 14.0 Å². The number of carbonyl (C=O) groups excluding carboxylic acids is 2. The molecule has 1 aromatic heterocycles. The van der Waals surface area contributed by atoms with Crippen LogP contribution in [0.3, 0.4) is 0 Å². The number of benzene rings is 2. The number of aromatic amines is 1. The Balaban J connectivity index is 1.81. The van der Waals surface area contributed by atoms with Gasteiger partial charge in [-0.25, -0.2) is 4.39 Å². The Labute approximate surface area is 190 Å². The Morgan fingerprint density at radius 1 is 1.16 bits per heavy atom. The minimum atomic E-state index is -0.818. The summed E-state index contributed by atoms with van der Waals surface area (Å²) in [6, 6.07) is 10.1. The number of nitriles is 1. The van der Waals surface area contributed by atoms with Gasteiger partial charge in [-0.1, -0.05) is 40.9 Å². The standard InChI is InChI=1S/C20H12Cl3FN4O3/c21-11-3-9(7-25)4-12(5-11)31-18-13(22)2-1-10(16(18)24)8-27-20(30)17-14(23)6-15(28-17)19(26)29/h1-6,28H,8H2,(H2,26,29)(H,27,30). The Morgan fingerprint density at radius 3 is 2.55 bits per heavy atom. The topological polar surface area (TPSA) is 121 Å². The number of primary amides is 1. The summed E-state index contributed by atoms with van der Waals surface area (Å²) in [4.78, 5) is 26.0. The summed E-state index contributed by atoms with van der Waals surface area (Å²) in [5.41, 5.74) is 5.29. The van der Waals surface area contributed by atoms with E-state index in [1.807, 2.05) is 6.07 Å². The molecule has 7 nitrogen and oxygen atoms in total. The second-order valence-corrected chi connectivity index (χ2v) is 7.44. The van der Waals surface area contributed by atoms with Crippen LogP contribution in [0.15, 0.2) is 36.4 Å². The summed E-state index contributed by atoms with van der Waals surface area (Å²) in [5, 5.41) is 11.7. The molecule has 0 fully saturated rings. The van der Waals surface area contributed by atoms with Crippen molar-refractivity contribution in [3.05, 3.63) is 79.8 Å². The molecule has 3 rings (SSSR count). The maximum Gasteiger partial charge on any atom is 0.269 e. The summed E-state index contributed by atoms with van der Waals surface area (Å²) in [6.45, 7) is -0.238. The number of nitrogens with one attached hydrogen (secondary N) is 2. The van der Waals surface area contributed by atoms with Crippen LogP contribution in [-0.4, -0.2) is 16.8 Å². The third kappa shape index (κ3) is 5.09. The molecule has 0 saturated heterocycles. The molecule has 0 bridgehead atoms. The van der Waals surface area contributed by atoms with E-state index in [2.05, 4.69) is 10.3 Å². The van der Waals surface area contributed by atoms with Crippen LogP contribution in [0.5, 0.6) is 11.5 Å². The fourth-order valence-electron chi connectivity index (χ4n) is 2.60. The number of nitrogens with two attached hydrogens (primary N) is 1. The number of rotatable bonds is 6. The van der Waals surface area contributed by atoms with Crippen LogP contribution in [0.1, 0.15) is 32.1 Å². The SMILES string of the molecule is N#Cc1cc(Cl)cc(Oc2c(Cl)ccc(CNC(=O)c3[nH]c(C(N)=O)cc3Cl)c2F)c1. The third-order valence-corrected chi connectivity index (χ3v) is 4.86. The molecule has 11 heteroatoms. The van der Waals surface area contributed by atoms with Gasteiger partial charge in [0, 0.05) is 17.1 Å². The van der Waals surface area contributed by atoms with Gasteiger partial charge in [0.25, 0.3) is 11.8 Å². The number of aromatic nitrogens is 1. The van der Waals surface area contributed by atoms with Gasteiger partial charge in [0.05, 0.1) is 21.7 Å². The molecular formula is C20H12Cl3FN4O3. The smallest absolute Gasteiger partial charge is 0.269 e. The fraction of sp³-hybridized carbons (Fsp3) is 0.0500. The van der Waals surface area contributed by atoms with Crippen LogP contribution in [0.25, 0.3) is 0 Å². The van der Waals surface area contributed by atoms with E-state index < -0.39 is 17.6 Å². The van der Waals surface area contributed by atoms with Crippen LogP contribution >= 0.6 is 34.8 Å². The highest BCUT2D eigenvalue weighted by molar-refractivity contribution is 6.34. The van der Waals surface area contributed by atoms with E-state index in [1.165, 1.54) is 36.4 Å². The normalized spacial score (nSPS) is 10.4. The van der Waals surface area contributed by atoms with Gasteiger partial charge in [-0.2, -0.15) is 5.26 Å². The lowest BCUT2D eigenvalue weighted by Gasteiger charge is -2.13. The van der Waals surface area contributed by atoms with Crippen molar-refractivity contribution in [3.8, 4) is 17.6 Å². The first-order valence-electron chi connectivity index (χ1n) is 8.51. The number of halogens is 4. The third-order valence-electron chi connectivity index (χ3n) is 4.05. The molecule has 4 N–H and O–H groups in total. The summed E-state index contributed by atoms with van der Waals surface area (Å²) >= 11 is 17.9. The molecule has 0 atom stereocenters. The lowest BCUT2D eigenvalue weighted by atomic mass is 10.2. The number of H-pyrrole nitrogens is 1. The van der Waals surface area contributed by atoms with Gasteiger partial charge in [-0.05, 0) is 30.3 Å². The minimum absolute atomic E-state index is 0.0128. The van der Waals surface area contributed by atoms with E-state index in [0.717, 1.165) is 0 Å². The van der Waals surface area contributed by atoms with Crippen LogP contribution in [0.4, 0.5) is 4.39 Å². The molecule has 31 heavy (non-hydrogen) atoms. The van der Waals surface area contributed by atoms with Crippen LogP contribution in [0, 0.1) is 17.1 Å². The average molecular weight is 482 g/mol. The summed E-state index contributed by atoms with van der Waals surface area (Å²) in [5.74, 6) is -2.46. The first-order valence-corrected chi connectivity index (χ1v) is 9.65. The van der Waals surface area contributed by atoms with E-state index in [0.29, 0.717) is 0 Å². The summed E-state index contributed by atoms with van der Waals surface area (Å²) < 4.78 is 20.5. The quantitative estimate of drug-likeness (QED) is 0.468. The number of nitrogens with zero attached hydrogens (tertiary/aromatic N) is 1. The number of ether oxygens (including phenoxy) is 1. The number of carbonyl (C=O) groups is 2. The highest BCUT2D eigenvalue weighted by Gasteiger charge is 2.19. The van der Waals surface area contributed by atoms with Crippen molar-refractivity contribution in [2.75, 3.05) is 0 Å². The number of hydrogen-bond donors (Lipinski definition) is 3. The van der Waals surface area contributed by atoms with Crippen molar-refractivity contribution in [2.24, 2.45) is 5.73 Å². The van der Waals surface area contributed by atoms with Gasteiger partial charge >= 0.3 is 0 Å². The van der Waals surface area contributed by atoms with Gasteiger partial charge in [0.1, 0.15) is 17.1 Å². The molecule has 0 aliphatic carbocycles. The van der Waals surface area contributed by atoms with E-state index in [1.54, 1.807) is 0 Å². The highest BCUT2D eigenvalue weighted by atomic mass is 35.5. The Hall–Kier alpha value is -3.25. The zero-order chi connectivity index (χ0) is 22.7. The summed E-state index contributed by atoms with van der Waals surface area (Å²) in [7, 11) is 0. The van der Waals surface area contributed by atoms with Crippen molar-refractivity contribution < 1.29 is 18.7 Å². The van der Waals surface area contributed by atoms with Crippen LogP contribution in [-0.2, 0) is 6.54 Å². The first-order chi connectivity index (χ1) is 14.7.